The van der Waals surface area contributed by atoms with Gasteiger partial charge in [0.2, 0.25) is 0 Å². The Hall–Kier alpha value is -3.52. The Morgan fingerprint density at radius 1 is 1.09 bits per heavy atom. The van der Waals surface area contributed by atoms with Crippen LogP contribution in [0.1, 0.15) is 42.5 Å². The second-order valence-corrected chi connectivity index (χ2v) is 9.36. The first-order chi connectivity index (χ1) is 15.2. The Morgan fingerprint density at radius 3 is 2.69 bits per heavy atom. The number of amides is 1. The van der Waals surface area contributed by atoms with Gasteiger partial charge in [0.25, 0.3) is 11.5 Å². The van der Waals surface area contributed by atoms with E-state index in [2.05, 4.69) is 60.3 Å². The number of pyridine rings is 2. The summed E-state index contributed by atoms with van der Waals surface area (Å²) in [5.41, 5.74) is 3.21. The predicted molar refractivity (Wildman–Crippen MR) is 124 cm³/mol. The lowest BCUT2D eigenvalue weighted by Gasteiger charge is -2.26. The minimum absolute atomic E-state index is 0.0918. The smallest absolute Gasteiger partial charge is 0.270 e. The first-order valence-corrected chi connectivity index (χ1v) is 10.6. The molecule has 0 saturated carbocycles. The summed E-state index contributed by atoms with van der Waals surface area (Å²) in [5.74, 6) is -0.407. The fourth-order valence-electron chi connectivity index (χ4n) is 3.88. The second kappa shape index (κ2) is 8.55. The van der Waals surface area contributed by atoms with Crippen LogP contribution in [0.4, 0.5) is 0 Å². The third-order valence-corrected chi connectivity index (χ3v) is 4.99. The predicted octanol–water partition coefficient (Wildman–Crippen LogP) is 2.75. The maximum atomic E-state index is 12.6. The molecule has 166 valence electrons. The van der Waals surface area contributed by atoms with Crippen molar-refractivity contribution in [1.82, 2.24) is 29.0 Å². The molecule has 0 unspecified atom stereocenters. The number of hydrogen-bond acceptors (Lipinski definition) is 5. The number of aromatic nitrogens is 4. The first-order valence-electron chi connectivity index (χ1n) is 10.6. The quantitative estimate of drug-likeness (QED) is 0.507. The van der Waals surface area contributed by atoms with Gasteiger partial charge in [0.15, 0.2) is 0 Å². The molecule has 0 radical (unpaired) electrons. The van der Waals surface area contributed by atoms with Crippen molar-refractivity contribution >= 4 is 17.2 Å². The molecular weight excluding hydrogens is 404 g/mol. The number of fused-ring (bicyclic) bond motifs is 2. The lowest BCUT2D eigenvalue weighted by molar-refractivity contribution is 0.0945. The van der Waals surface area contributed by atoms with Crippen LogP contribution in [0.15, 0.2) is 59.8 Å². The Labute approximate surface area is 186 Å². The van der Waals surface area contributed by atoms with Crippen LogP contribution in [-0.4, -0.2) is 43.2 Å². The summed E-state index contributed by atoms with van der Waals surface area (Å²) in [7, 11) is 2.12. The Kier molecular flexibility index (Phi) is 5.80. The van der Waals surface area contributed by atoms with Crippen LogP contribution in [-0.2, 0) is 13.1 Å². The van der Waals surface area contributed by atoms with Crippen LogP contribution in [0.25, 0.3) is 11.3 Å². The van der Waals surface area contributed by atoms with Gasteiger partial charge in [0.05, 0.1) is 12.2 Å². The van der Waals surface area contributed by atoms with E-state index in [9.17, 15) is 9.59 Å². The summed E-state index contributed by atoms with van der Waals surface area (Å²) >= 11 is 0. The molecule has 0 spiro atoms. The van der Waals surface area contributed by atoms with Gasteiger partial charge >= 0.3 is 0 Å². The molecule has 0 bridgehead atoms. The summed E-state index contributed by atoms with van der Waals surface area (Å²) in [6.45, 7) is 8.78. The van der Waals surface area contributed by atoms with Crippen molar-refractivity contribution in [3.63, 3.8) is 0 Å². The van der Waals surface area contributed by atoms with Crippen LogP contribution < -0.4 is 10.9 Å². The van der Waals surface area contributed by atoms with Crippen LogP contribution in [0.2, 0.25) is 0 Å². The number of rotatable bonds is 6. The first kappa shape index (κ1) is 21.7. The average Bonchev–Trinajstić information content (AvgIpc) is 3.12. The molecule has 0 aliphatic rings. The number of imidazole rings is 1. The molecule has 4 heterocycles. The maximum absolute atomic E-state index is 12.6. The SMILES string of the molecule is CN(Cc1ccc2nc(CNC(=O)c3cc(=O)n4ccccc4n3)cn2c1)CC(C)(C)C. The Balaban J connectivity index is 1.44. The van der Waals surface area contributed by atoms with E-state index < -0.39 is 5.91 Å². The second-order valence-electron chi connectivity index (χ2n) is 9.36. The van der Waals surface area contributed by atoms with Crippen molar-refractivity contribution in [3.05, 3.63) is 82.3 Å². The largest absolute Gasteiger partial charge is 0.345 e. The van der Waals surface area contributed by atoms with Crippen LogP contribution >= 0.6 is 0 Å². The molecule has 0 atom stereocenters. The molecule has 0 aromatic carbocycles. The van der Waals surface area contributed by atoms with Gasteiger partial charge in [-0.2, -0.15) is 0 Å². The monoisotopic (exact) mass is 432 g/mol. The number of nitrogens with zero attached hydrogens (tertiary/aromatic N) is 5. The molecule has 32 heavy (non-hydrogen) atoms. The average molecular weight is 433 g/mol. The van der Waals surface area contributed by atoms with Gasteiger partial charge in [-0.1, -0.05) is 32.9 Å². The van der Waals surface area contributed by atoms with E-state index in [0.717, 1.165) is 24.4 Å². The van der Waals surface area contributed by atoms with Crippen molar-refractivity contribution in [2.45, 2.75) is 33.9 Å². The van der Waals surface area contributed by atoms with Gasteiger partial charge in [-0.05, 0) is 36.2 Å². The summed E-state index contributed by atoms with van der Waals surface area (Å²) < 4.78 is 3.37. The van der Waals surface area contributed by atoms with Crippen LogP contribution in [0.3, 0.4) is 0 Å². The van der Waals surface area contributed by atoms with E-state index >= 15 is 0 Å². The van der Waals surface area contributed by atoms with Crippen molar-refractivity contribution < 1.29 is 4.79 Å². The van der Waals surface area contributed by atoms with E-state index in [1.54, 1.807) is 24.4 Å². The van der Waals surface area contributed by atoms with Gasteiger partial charge in [-0.3, -0.25) is 14.0 Å². The molecule has 4 aromatic heterocycles. The van der Waals surface area contributed by atoms with Crippen molar-refractivity contribution in [1.29, 1.82) is 0 Å². The van der Waals surface area contributed by atoms with E-state index in [1.165, 1.54) is 16.0 Å². The molecular formula is C24H28N6O2. The minimum atomic E-state index is -0.407. The van der Waals surface area contributed by atoms with Gasteiger partial charge in [0, 0.05) is 37.7 Å². The summed E-state index contributed by atoms with van der Waals surface area (Å²) in [6, 6.07) is 10.5. The zero-order chi connectivity index (χ0) is 22.9. The third-order valence-electron chi connectivity index (χ3n) is 4.99. The Morgan fingerprint density at radius 2 is 1.91 bits per heavy atom. The summed E-state index contributed by atoms with van der Waals surface area (Å²) in [6.07, 6.45) is 5.60. The molecule has 0 saturated heterocycles. The van der Waals surface area contributed by atoms with E-state index in [1.807, 2.05) is 16.7 Å². The fraction of sp³-hybridized carbons (Fsp3) is 0.333. The normalized spacial score (nSPS) is 12.0. The maximum Gasteiger partial charge on any atom is 0.270 e. The standard InChI is InChI=1S/C24H28N6O2/c1-24(2,3)16-28(4)13-17-8-9-20-26-18(15-29(20)14-17)12-25-23(32)19-11-22(31)30-10-6-5-7-21(30)27-19/h5-11,14-15H,12-13,16H2,1-4H3,(H,25,32). The van der Waals surface area contributed by atoms with Crippen molar-refractivity contribution in [2.75, 3.05) is 13.6 Å². The molecule has 0 fully saturated rings. The molecule has 1 amide bonds. The number of carbonyl (C=O) groups is 1. The van der Waals surface area contributed by atoms with E-state index in [4.69, 9.17) is 0 Å². The zero-order valence-corrected chi connectivity index (χ0v) is 18.9. The minimum Gasteiger partial charge on any atom is -0.345 e. The van der Waals surface area contributed by atoms with Gasteiger partial charge < -0.3 is 14.6 Å². The highest BCUT2D eigenvalue weighted by molar-refractivity contribution is 5.92. The van der Waals surface area contributed by atoms with Gasteiger partial charge in [-0.15, -0.1) is 0 Å². The number of hydrogen-bond donors (Lipinski definition) is 1. The molecule has 4 aromatic rings. The van der Waals surface area contributed by atoms with E-state index in [0.29, 0.717) is 5.65 Å². The Bertz CT molecular complexity index is 1330. The molecule has 1 N–H and O–H groups in total. The number of carbonyl (C=O) groups excluding carboxylic acids is 1. The topological polar surface area (TPSA) is 84.0 Å². The van der Waals surface area contributed by atoms with Crippen molar-refractivity contribution in [3.8, 4) is 0 Å². The molecule has 8 heteroatoms. The zero-order valence-electron chi connectivity index (χ0n) is 18.9. The fourth-order valence-corrected chi connectivity index (χ4v) is 3.88. The van der Waals surface area contributed by atoms with Crippen LogP contribution in [0.5, 0.6) is 0 Å². The van der Waals surface area contributed by atoms with Gasteiger partial charge in [-0.25, -0.2) is 9.97 Å². The third kappa shape index (κ3) is 5.03. The van der Waals surface area contributed by atoms with Crippen molar-refractivity contribution in [2.24, 2.45) is 5.41 Å². The highest BCUT2D eigenvalue weighted by Crippen LogP contribution is 2.16. The molecule has 4 rings (SSSR count). The number of nitrogens with one attached hydrogen (secondary N) is 1. The molecule has 0 aliphatic heterocycles. The molecule has 8 nitrogen and oxygen atoms in total. The lowest BCUT2D eigenvalue weighted by atomic mass is 9.96. The van der Waals surface area contributed by atoms with Crippen LogP contribution in [0, 0.1) is 5.41 Å². The summed E-state index contributed by atoms with van der Waals surface area (Å²) in [5, 5.41) is 2.81. The highest BCUT2D eigenvalue weighted by atomic mass is 16.2. The highest BCUT2D eigenvalue weighted by Gasteiger charge is 2.14. The lowest BCUT2D eigenvalue weighted by Crippen LogP contribution is -2.28. The van der Waals surface area contributed by atoms with Gasteiger partial charge in [0.1, 0.15) is 17.0 Å². The molecule has 0 aliphatic carbocycles. The summed E-state index contributed by atoms with van der Waals surface area (Å²) in [4.78, 5) is 35.9. The van der Waals surface area contributed by atoms with E-state index in [-0.39, 0.29) is 23.2 Å².